The predicted molar refractivity (Wildman–Crippen MR) is 114 cm³/mol. The fraction of sp³-hybridized carbons (Fsp3) is 0.0909. The van der Waals surface area contributed by atoms with E-state index >= 15 is 0 Å². The summed E-state index contributed by atoms with van der Waals surface area (Å²) in [4.78, 5) is 25.0. The van der Waals surface area contributed by atoms with Crippen molar-refractivity contribution in [2.45, 2.75) is 13.0 Å². The molecule has 0 aliphatic rings. The summed E-state index contributed by atoms with van der Waals surface area (Å²) in [5, 5.41) is 5.54. The van der Waals surface area contributed by atoms with Gasteiger partial charge in [0.15, 0.2) is 6.10 Å². The highest BCUT2D eigenvalue weighted by Gasteiger charge is 2.18. The van der Waals surface area contributed by atoms with Gasteiger partial charge in [0.1, 0.15) is 11.6 Å². The van der Waals surface area contributed by atoms with Gasteiger partial charge in [-0.3, -0.25) is 9.59 Å². The molecular formula is C22H18BrFN2O3. The topological polar surface area (TPSA) is 67.4 Å². The van der Waals surface area contributed by atoms with Gasteiger partial charge >= 0.3 is 0 Å². The third-order valence-corrected chi connectivity index (χ3v) is 4.66. The van der Waals surface area contributed by atoms with Crippen LogP contribution >= 0.6 is 15.9 Å². The molecule has 1 unspecified atom stereocenters. The molecule has 0 bridgehead atoms. The summed E-state index contributed by atoms with van der Waals surface area (Å²) < 4.78 is 19.2. The summed E-state index contributed by atoms with van der Waals surface area (Å²) in [6.45, 7) is 1.58. The van der Waals surface area contributed by atoms with Crippen molar-refractivity contribution in [2.24, 2.45) is 0 Å². The molecule has 0 spiro atoms. The van der Waals surface area contributed by atoms with Gasteiger partial charge in [-0.05, 0) is 65.3 Å². The Hall–Kier alpha value is -3.19. The van der Waals surface area contributed by atoms with Crippen LogP contribution in [0.15, 0.2) is 77.3 Å². The lowest BCUT2D eigenvalue weighted by atomic mass is 10.2. The van der Waals surface area contributed by atoms with Gasteiger partial charge in [-0.15, -0.1) is 0 Å². The largest absolute Gasteiger partial charge is 0.480 e. The Labute approximate surface area is 176 Å². The minimum atomic E-state index is -0.852. The Balaban J connectivity index is 1.69. The maximum Gasteiger partial charge on any atom is 0.265 e. The van der Waals surface area contributed by atoms with Gasteiger partial charge in [0.2, 0.25) is 0 Å². The van der Waals surface area contributed by atoms with Gasteiger partial charge in [-0.25, -0.2) is 4.39 Å². The van der Waals surface area contributed by atoms with Crippen LogP contribution in [0.5, 0.6) is 5.75 Å². The van der Waals surface area contributed by atoms with Crippen molar-refractivity contribution < 1.29 is 18.7 Å². The van der Waals surface area contributed by atoms with Gasteiger partial charge in [0, 0.05) is 5.56 Å². The second-order valence-electron chi connectivity index (χ2n) is 6.19. The first kappa shape index (κ1) is 20.5. The van der Waals surface area contributed by atoms with Crippen LogP contribution in [0, 0.1) is 5.82 Å². The molecule has 0 fully saturated rings. The van der Waals surface area contributed by atoms with Crippen molar-refractivity contribution in [3.8, 4) is 5.75 Å². The number of benzene rings is 3. The highest BCUT2D eigenvalue weighted by atomic mass is 79.9. The molecule has 3 aromatic carbocycles. The number of rotatable bonds is 6. The number of carbonyl (C=O) groups is 2. The van der Waals surface area contributed by atoms with Crippen molar-refractivity contribution in [1.82, 2.24) is 0 Å². The molecule has 0 radical (unpaired) electrons. The molecule has 0 aliphatic heterocycles. The maximum atomic E-state index is 13.2. The van der Waals surface area contributed by atoms with Gasteiger partial charge in [0.05, 0.1) is 15.8 Å². The smallest absolute Gasteiger partial charge is 0.265 e. The summed E-state index contributed by atoms with van der Waals surface area (Å²) in [6, 6.07) is 19.6. The average Bonchev–Trinajstić information content (AvgIpc) is 2.72. The molecular weight excluding hydrogens is 439 g/mol. The normalized spacial score (nSPS) is 11.4. The van der Waals surface area contributed by atoms with E-state index in [2.05, 4.69) is 26.6 Å². The Morgan fingerprint density at radius 2 is 1.55 bits per heavy atom. The fourth-order valence-electron chi connectivity index (χ4n) is 2.53. The average molecular weight is 457 g/mol. The lowest BCUT2D eigenvalue weighted by Gasteiger charge is -2.17. The Morgan fingerprint density at radius 3 is 2.21 bits per heavy atom. The fourth-order valence-corrected chi connectivity index (χ4v) is 2.98. The molecule has 7 heteroatoms. The van der Waals surface area contributed by atoms with Crippen LogP contribution in [0.4, 0.5) is 15.8 Å². The summed E-state index contributed by atoms with van der Waals surface area (Å²) in [5.74, 6) is -0.765. The molecule has 2 amide bonds. The summed E-state index contributed by atoms with van der Waals surface area (Å²) in [7, 11) is 0. The van der Waals surface area contributed by atoms with Crippen molar-refractivity contribution in [2.75, 3.05) is 10.6 Å². The highest BCUT2D eigenvalue weighted by molar-refractivity contribution is 9.10. The minimum absolute atomic E-state index is 0.285. The van der Waals surface area contributed by atoms with Gasteiger partial charge in [0.25, 0.3) is 11.8 Å². The number of nitrogens with one attached hydrogen (secondary N) is 2. The van der Waals surface area contributed by atoms with E-state index in [1.54, 1.807) is 55.5 Å². The van der Waals surface area contributed by atoms with Crippen molar-refractivity contribution in [3.63, 3.8) is 0 Å². The van der Waals surface area contributed by atoms with E-state index in [0.29, 0.717) is 27.2 Å². The van der Waals surface area contributed by atoms with Gasteiger partial charge < -0.3 is 15.4 Å². The van der Waals surface area contributed by atoms with E-state index in [9.17, 15) is 14.0 Å². The van der Waals surface area contributed by atoms with E-state index in [0.717, 1.165) is 0 Å². The number of halogens is 2. The Morgan fingerprint density at radius 1 is 0.931 bits per heavy atom. The van der Waals surface area contributed by atoms with Crippen LogP contribution in [-0.4, -0.2) is 17.9 Å². The van der Waals surface area contributed by atoms with Crippen LogP contribution in [-0.2, 0) is 4.79 Å². The highest BCUT2D eigenvalue weighted by Crippen LogP contribution is 2.27. The predicted octanol–water partition coefficient (Wildman–Crippen LogP) is 5.25. The Bertz CT molecular complexity index is 1030. The van der Waals surface area contributed by atoms with Gasteiger partial charge in [-0.1, -0.05) is 30.3 Å². The van der Waals surface area contributed by atoms with Crippen LogP contribution in [0.2, 0.25) is 0 Å². The van der Waals surface area contributed by atoms with Crippen molar-refractivity contribution in [1.29, 1.82) is 0 Å². The van der Waals surface area contributed by atoms with Gasteiger partial charge in [-0.2, -0.15) is 0 Å². The molecule has 1 atom stereocenters. The monoisotopic (exact) mass is 456 g/mol. The number of ether oxygens (including phenoxy) is 1. The number of carbonyl (C=O) groups excluding carboxylic acids is 2. The first-order valence-corrected chi connectivity index (χ1v) is 9.61. The molecule has 2 N–H and O–H groups in total. The summed E-state index contributed by atoms with van der Waals surface area (Å²) in [5.41, 5.74) is 1.41. The quantitative estimate of drug-likeness (QED) is 0.532. The Kier molecular flexibility index (Phi) is 6.61. The number of hydrogen-bond donors (Lipinski definition) is 2. The van der Waals surface area contributed by atoms with E-state index in [1.807, 2.05) is 6.07 Å². The zero-order chi connectivity index (χ0) is 20.8. The molecule has 0 heterocycles. The zero-order valence-electron chi connectivity index (χ0n) is 15.5. The van der Waals surface area contributed by atoms with E-state index in [4.69, 9.17) is 4.74 Å². The van der Waals surface area contributed by atoms with Crippen molar-refractivity contribution >= 4 is 39.1 Å². The summed E-state index contributed by atoms with van der Waals surface area (Å²) >= 11 is 3.21. The number of anilines is 2. The van der Waals surface area contributed by atoms with Crippen molar-refractivity contribution in [3.05, 3.63) is 88.6 Å². The van der Waals surface area contributed by atoms with Crippen LogP contribution < -0.4 is 15.4 Å². The third kappa shape index (κ3) is 5.42. The molecule has 0 aliphatic carbocycles. The number of para-hydroxylation sites is 2. The van der Waals surface area contributed by atoms with E-state index < -0.39 is 17.8 Å². The minimum Gasteiger partial charge on any atom is -0.480 e. The number of hydrogen-bond acceptors (Lipinski definition) is 3. The molecule has 148 valence electrons. The molecule has 29 heavy (non-hydrogen) atoms. The molecule has 0 saturated carbocycles. The van der Waals surface area contributed by atoms with Crippen LogP contribution in [0.3, 0.4) is 0 Å². The standard InChI is InChI=1S/C22H18BrFN2O3/c1-14(29-20-12-11-16(24)13-17(20)23)21(27)25-18-9-5-6-10-19(18)26-22(28)15-7-3-2-4-8-15/h2-14H,1H3,(H,25,27)(H,26,28). The molecule has 5 nitrogen and oxygen atoms in total. The lowest BCUT2D eigenvalue weighted by Crippen LogP contribution is -2.30. The summed E-state index contributed by atoms with van der Waals surface area (Å²) in [6.07, 6.45) is -0.852. The first-order chi connectivity index (χ1) is 13.9. The second-order valence-corrected chi connectivity index (χ2v) is 7.04. The molecule has 3 aromatic rings. The molecule has 3 rings (SSSR count). The van der Waals surface area contributed by atoms with Crippen LogP contribution in [0.1, 0.15) is 17.3 Å². The lowest BCUT2D eigenvalue weighted by molar-refractivity contribution is -0.122. The van der Waals surface area contributed by atoms with Crippen LogP contribution in [0.25, 0.3) is 0 Å². The SMILES string of the molecule is CC(Oc1ccc(F)cc1Br)C(=O)Nc1ccccc1NC(=O)c1ccccc1. The molecule has 0 aromatic heterocycles. The zero-order valence-corrected chi connectivity index (χ0v) is 17.1. The third-order valence-electron chi connectivity index (χ3n) is 4.04. The van der Waals surface area contributed by atoms with E-state index in [1.165, 1.54) is 18.2 Å². The molecule has 0 saturated heterocycles. The second kappa shape index (κ2) is 9.34. The number of amides is 2. The van der Waals surface area contributed by atoms with E-state index in [-0.39, 0.29) is 5.91 Å². The maximum absolute atomic E-state index is 13.2. The first-order valence-electron chi connectivity index (χ1n) is 8.82.